The highest BCUT2D eigenvalue weighted by Gasteiger charge is 2.26. The number of ether oxygens (including phenoxy) is 1. The number of rotatable bonds is 3. The number of alkyl halides is 1. The van der Waals surface area contributed by atoms with Gasteiger partial charge in [0.1, 0.15) is 0 Å². The van der Waals surface area contributed by atoms with Crippen molar-refractivity contribution in [3.8, 4) is 0 Å². The van der Waals surface area contributed by atoms with Gasteiger partial charge in [-0.2, -0.15) is 0 Å². The Morgan fingerprint density at radius 2 is 1.60 bits per heavy atom. The summed E-state index contributed by atoms with van der Waals surface area (Å²) in [5.74, 6) is 0.854. The van der Waals surface area contributed by atoms with Gasteiger partial charge in [0, 0.05) is 11.4 Å². The van der Waals surface area contributed by atoms with Crippen LogP contribution in [0.4, 0.5) is 0 Å². The zero-order valence-electron chi connectivity index (χ0n) is 9.59. The molecule has 2 heteroatoms. The fourth-order valence-corrected chi connectivity index (χ4v) is 3.60. The summed E-state index contributed by atoms with van der Waals surface area (Å²) in [5.41, 5.74) is 0. The molecule has 2 rings (SSSR count). The van der Waals surface area contributed by atoms with Crippen molar-refractivity contribution in [2.24, 2.45) is 5.92 Å². The summed E-state index contributed by atoms with van der Waals surface area (Å²) in [4.78, 5) is 0.628. The third-order valence-electron chi connectivity index (χ3n) is 3.89. The smallest absolute Gasteiger partial charge is 0.0700 e. The van der Waals surface area contributed by atoms with E-state index in [1.807, 2.05) is 0 Å². The van der Waals surface area contributed by atoms with Crippen molar-refractivity contribution in [3.63, 3.8) is 0 Å². The van der Waals surface area contributed by atoms with Crippen LogP contribution in [-0.2, 0) is 4.74 Å². The minimum atomic E-state index is 0.508. The molecule has 0 aromatic rings. The monoisotopic (exact) mass is 274 g/mol. The van der Waals surface area contributed by atoms with E-state index in [0.29, 0.717) is 10.9 Å². The van der Waals surface area contributed by atoms with E-state index in [2.05, 4.69) is 15.9 Å². The molecule has 0 N–H and O–H groups in total. The molecule has 0 aliphatic heterocycles. The van der Waals surface area contributed by atoms with Gasteiger partial charge in [0.15, 0.2) is 0 Å². The first-order valence-corrected chi connectivity index (χ1v) is 7.53. The van der Waals surface area contributed by atoms with Crippen molar-refractivity contribution < 1.29 is 4.74 Å². The molecule has 0 saturated heterocycles. The molecule has 0 heterocycles. The molecule has 2 aliphatic carbocycles. The van der Waals surface area contributed by atoms with E-state index >= 15 is 0 Å². The van der Waals surface area contributed by atoms with E-state index in [-0.39, 0.29) is 0 Å². The summed E-state index contributed by atoms with van der Waals surface area (Å²) in [6, 6.07) is 0. The van der Waals surface area contributed by atoms with Gasteiger partial charge in [0.05, 0.1) is 6.10 Å². The molecular weight excluding hydrogens is 252 g/mol. The third kappa shape index (κ3) is 3.74. The van der Waals surface area contributed by atoms with E-state index in [1.165, 1.54) is 57.8 Å². The lowest BCUT2D eigenvalue weighted by Gasteiger charge is -2.20. The lowest BCUT2D eigenvalue weighted by molar-refractivity contribution is 0.0338. The average Bonchev–Trinajstić information content (AvgIpc) is 2.53. The lowest BCUT2D eigenvalue weighted by Crippen LogP contribution is -2.21. The molecular formula is C13H23BrO. The highest BCUT2D eigenvalue weighted by atomic mass is 79.9. The van der Waals surface area contributed by atoms with Gasteiger partial charge in [-0.3, -0.25) is 0 Å². The molecule has 0 radical (unpaired) electrons. The molecule has 1 nitrogen and oxygen atoms in total. The lowest BCUT2D eigenvalue weighted by atomic mass is 10.0. The Morgan fingerprint density at radius 1 is 0.867 bits per heavy atom. The van der Waals surface area contributed by atoms with Crippen LogP contribution in [0.3, 0.4) is 0 Å². The molecule has 88 valence electrons. The Labute approximate surface area is 102 Å². The minimum Gasteiger partial charge on any atom is -0.377 e. The molecule has 2 fully saturated rings. The van der Waals surface area contributed by atoms with E-state index in [9.17, 15) is 0 Å². The molecule has 2 saturated carbocycles. The Hall–Kier alpha value is 0.440. The minimum absolute atomic E-state index is 0.508. The summed E-state index contributed by atoms with van der Waals surface area (Å²) in [6.45, 7) is 1.02. The van der Waals surface area contributed by atoms with E-state index < -0.39 is 0 Å². The van der Waals surface area contributed by atoms with Crippen molar-refractivity contribution in [2.75, 3.05) is 6.61 Å². The van der Waals surface area contributed by atoms with Crippen molar-refractivity contribution in [2.45, 2.75) is 68.7 Å². The Morgan fingerprint density at radius 3 is 2.20 bits per heavy atom. The molecule has 15 heavy (non-hydrogen) atoms. The SMILES string of the molecule is BrC1CCCC1OCC1CCCCCC1. The topological polar surface area (TPSA) is 9.23 Å². The first-order chi connectivity index (χ1) is 7.36. The van der Waals surface area contributed by atoms with E-state index in [4.69, 9.17) is 4.74 Å². The molecule has 0 aromatic heterocycles. The molecule has 0 bridgehead atoms. The second-order valence-electron chi connectivity index (χ2n) is 5.18. The number of hydrogen-bond donors (Lipinski definition) is 0. The number of hydrogen-bond acceptors (Lipinski definition) is 1. The van der Waals surface area contributed by atoms with Gasteiger partial charge in [-0.25, -0.2) is 0 Å². The van der Waals surface area contributed by atoms with Gasteiger partial charge in [-0.15, -0.1) is 0 Å². The normalized spacial score (nSPS) is 34.2. The molecule has 2 aliphatic rings. The largest absolute Gasteiger partial charge is 0.377 e. The van der Waals surface area contributed by atoms with Crippen molar-refractivity contribution in [3.05, 3.63) is 0 Å². The van der Waals surface area contributed by atoms with Gasteiger partial charge in [0.2, 0.25) is 0 Å². The van der Waals surface area contributed by atoms with Crippen LogP contribution < -0.4 is 0 Å². The van der Waals surface area contributed by atoms with E-state index in [0.717, 1.165) is 12.5 Å². The maximum Gasteiger partial charge on any atom is 0.0700 e. The first-order valence-electron chi connectivity index (χ1n) is 6.62. The maximum atomic E-state index is 6.06. The molecule has 0 spiro atoms. The fourth-order valence-electron chi connectivity index (χ4n) is 2.86. The van der Waals surface area contributed by atoms with Gasteiger partial charge >= 0.3 is 0 Å². The van der Waals surface area contributed by atoms with Crippen molar-refractivity contribution in [1.29, 1.82) is 0 Å². The second-order valence-corrected chi connectivity index (χ2v) is 6.35. The molecule has 0 aromatic carbocycles. The van der Waals surface area contributed by atoms with Gasteiger partial charge in [0.25, 0.3) is 0 Å². The predicted octanol–water partition coefficient (Wildman–Crippen LogP) is 4.29. The van der Waals surface area contributed by atoms with Gasteiger partial charge in [-0.1, -0.05) is 41.6 Å². The second kappa shape index (κ2) is 6.24. The molecule has 0 amide bonds. The van der Waals surface area contributed by atoms with Crippen LogP contribution in [0.1, 0.15) is 57.8 Å². The number of halogens is 1. The summed E-state index contributed by atoms with van der Waals surface area (Å²) in [6.07, 6.45) is 13.0. The average molecular weight is 275 g/mol. The van der Waals surface area contributed by atoms with Crippen LogP contribution in [0, 0.1) is 5.92 Å². The van der Waals surface area contributed by atoms with Crippen LogP contribution in [0.5, 0.6) is 0 Å². The quantitative estimate of drug-likeness (QED) is 0.551. The molecule has 2 unspecified atom stereocenters. The Kier molecular flexibility index (Phi) is 4.96. The van der Waals surface area contributed by atoms with E-state index in [1.54, 1.807) is 0 Å². The van der Waals surface area contributed by atoms with Gasteiger partial charge < -0.3 is 4.74 Å². The third-order valence-corrected chi connectivity index (χ3v) is 4.94. The zero-order valence-corrected chi connectivity index (χ0v) is 11.2. The van der Waals surface area contributed by atoms with Crippen molar-refractivity contribution >= 4 is 15.9 Å². The summed E-state index contributed by atoms with van der Waals surface area (Å²) in [7, 11) is 0. The summed E-state index contributed by atoms with van der Waals surface area (Å²) >= 11 is 3.72. The van der Waals surface area contributed by atoms with Crippen LogP contribution >= 0.6 is 15.9 Å². The van der Waals surface area contributed by atoms with Crippen LogP contribution in [-0.4, -0.2) is 17.5 Å². The van der Waals surface area contributed by atoms with Gasteiger partial charge in [-0.05, 0) is 38.0 Å². The van der Waals surface area contributed by atoms with Crippen LogP contribution in [0.25, 0.3) is 0 Å². The standard InChI is InChI=1S/C13H23BrO/c14-12-8-5-9-13(12)15-10-11-6-3-1-2-4-7-11/h11-13H,1-10H2. The Balaban J connectivity index is 1.67. The van der Waals surface area contributed by atoms with Crippen molar-refractivity contribution in [1.82, 2.24) is 0 Å². The Bertz CT molecular complexity index is 175. The van der Waals surface area contributed by atoms with Crippen LogP contribution in [0.2, 0.25) is 0 Å². The predicted molar refractivity (Wildman–Crippen MR) is 67.5 cm³/mol. The fraction of sp³-hybridized carbons (Fsp3) is 1.00. The highest BCUT2D eigenvalue weighted by molar-refractivity contribution is 9.09. The first kappa shape index (κ1) is 11.9. The molecule has 2 atom stereocenters. The van der Waals surface area contributed by atoms with Crippen LogP contribution in [0.15, 0.2) is 0 Å². The summed E-state index contributed by atoms with van der Waals surface area (Å²) < 4.78 is 6.06. The zero-order chi connectivity index (χ0) is 10.5. The maximum absolute atomic E-state index is 6.06. The highest BCUT2D eigenvalue weighted by Crippen LogP contribution is 2.30. The summed E-state index contributed by atoms with van der Waals surface area (Å²) in [5, 5.41) is 0.